The summed E-state index contributed by atoms with van der Waals surface area (Å²) in [5, 5.41) is 2.40. The van der Waals surface area contributed by atoms with Crippen molar-refractivity contribution in [2.75, 3.05) is 5.73 Å². The van der Waals surface area contributed by atoms with E-state index in [-0.39, 0.29) is 0 Å². The molecule has 0 unspecified atom stereocenters. The van der Waals surface area contributed by atoms with E-state index in [1.54, 1.807) is 0 Å². The first-order valence-corrected chi connectivity index (χ1v) is 6.14. The smallest absolute Gasteiger partial charge is 0.0396 e. The number of benzene rings is 3. The molecule has 3 aromatic rings. The van der Waals surface area contributed by atoms with Crippen LogP contribution in [0.25, 0.3) is 10.8 Å². The Morgan fingerprint density at radius 1 is 0.722 bits per heavy atom. The highest BCUT2D eigenvalue weighted by atomic mass is 14.5. The van der Waals surface area contributed by atoms with Gasteiger partial charge in [0, 0.05) is 11.1 Å². The maximum absolute atomic E-state index is 6.11. The van der Waals surface area contributed by atoms with Crippen LogP contribution >= 0.6 is 0 Å². The van der Waals surface area contributed by atoms with Crippen molar-refractivity contribution in [3.05, 3.63) is 77.9 Å². The Balaban J connectivity index is 2.12. The summed E-state index contributed by atoms with van der Waals surface area (Å²) in [5.74, 6) is 0. The van der Waals surface area contributed by atoms with E-state index < -0.39 is 0 Å². The zero-order chi connectivity index (χ0) is 12.4. The predicted octanol–water partition coefficient (Wildman–Crippen LogP) is 4.01. The molecule has 0 fully saturated rings. The summed E-state index contributed by atoms with van der Waals surface area (Å²) in [5.41, 5.74) is 9.57. The lowest BCUT2D eigenvalue weighted by molar-refractivity contribution is 1.21. The number of rotatable bonds is 2. The van der Waals surface area contributed by atoms with Gasteiger partial charge in [-0.3, -0.25) is 0 Å². The highest BCUT2D eigenvalue weighted by Gasteiger charge is 2.04. The molecule has 0 saturated carbocycles. The zero-order valence-corrected chi connectivity index (χ0v) is 10.1. The third kappa shape index (κ3) is 1.95. The van der Waals surface area contributed by atoms with Crippen molar-refractivity contribution in [2.24, 2.45) is 0 Å². The molecule has 0 radical (unpaired) electrons. The number of hydrogen-bond acceptors (Lipinski definition) is 1. The van der Waals surface area contributed by atoms with Gasteiger partial charge < -0.3 is 5.73 Å². The molecule has 0 saturated heterocycles. The third-order valence-corrected chi connectivity index (χ3v) is 3.26. The molecule has 0 aliphatic rings. The normalized spacial score (nSPS) is 10.7. The lowest BCUT2D eigenvalue weighted by Gasteiger charge is -2.09. The Morgan fingerprint density at radius 2 is 1.44 bits per heavy atom. The Bertz CT molecular complexity index is 666. The van der Waals surface area contributed by atoms with E-state index >= 15 is 0 Å². The van der Waals surface area contributed by atoms with Gasteiger partial charge in [0.05, 0.1) is 0 Å². The monoisotopic (exact) mass is 233 g/mol. The fraction of sp³-hybridized carbons (Fsp3) is 0.0588. The molecule has 3 aromatic carbocycles. The van der Waals surface area contributed by atoms with Crippen LogP contribution in [0.15, 0.2) is 66.7 Å². The van der Waals surface area contributed by atoms with E-state index in [0.717, 1.165) is 12.1 Å². The predicted molar refractivity (Wildman–Crippen MR) is 77.6 cm³/mol. The molecule has 18 heavy (non-hydrogen) atoms. The molecule has 0 atom stereocenters. The summed E-state index contributed by atoms with van der Waals surface area (Å²) < 4.78 is 0. The van der Waals surface area contributed by atoms with Gasteiger partial charge in [-0.2, -0.15) is 0 Å². The van der Waals surface area contributed by atoms with Crippen molar-refractivity contribution in [3.63, 3.8) is 0 Å². The maximum atomic E-state index is 6.11. The molecule has 0 spiro atoms. The van der Waals surface area contributed by atoms with Gasteiger partial charge in [-0.15, -0.1) is 0 Å². The van der Waals surface area contributed by atoms with Crippen LogP contribution < -0.4 is 5.73 Å². The van der Waals surface area contributed by atoms with Crippen molar-refractivity contribution in [1.82, 2.24) is 0 Å². The second-order valence-electron chi connectivity index (χ2n) is 4.52. The second kappa shape index (κ2) is 4.53. The molecule has 3 rings (SSSR count). The minimum atomic E-state index is 0.860. The average Bonchev–Trinajstić information content (AvgIpc) is 2.40. The van der Waals surface area contributed by atoms with Crippen LogP contribution in [0.4, 0.5) is 5.69 Å². The SMILES string of the molecule is Nc1cccc2cccc(Cc3ccccc3)c12. The van der Waals surface area contributed by atoms with E-state index in [4.69, 9.17) is 5.73 Å². The molecule has 0 aromatic heterocycles. The van der Waals surface area contributed by atoms with Crippen LogP contribution in [0.5, 0.6) is 0 Å². The van der Waals surface area contributed by atoms with E-state index in [9.17, 15) is 0 Å². The minimum absolute atomic E-state index is 0.860. The van der Waals surface area contributed by atoms with Gasteiger partial charge >= 0.3 is 0 Å². The number of hydrogen-bond donors (Lipinski definition) is 1. The summed E-state index contributed by atoms with van der Waals surface area (Å²) in [7, 11) is 0. The maximum Gasteiger partial charge on any atom is 0.0396 e. The quantitative estimate of drug-likeness (QED) is 0.665. The molecule has 1 nitrogen and oxygen atoms in total. The molecule has 0 aliphatic heterocycles. The van der Waals surface area contributed by atoms with Crippen molar-refractivity contribution in [2.45, 2.75) is 6.42 Å². The summed E-state index contributed by atoms with van der Waals surface area (Å²) in [6.45, 7) is 0. The first kappa shape index (κ1) is 10.8. The summed E-state index contributed by atoms with van der Waals surface area (Å²) in [4.78, 5) is 0. The molecule has 0 bridgehead atoms. The Hall–Kier alpha value is -2.28. The molecule has 1 heteroatoms. The summed E-state index contributed by atoms with van der Waals surface area (Å²) in [6, 6.07) is 22.9. The van der Waals surface area contributed by atoms with Crippen LogP contribution in [0.1, 0.15) is 11.1 Å². The van der Waals surface area contributed by atoms with Crippen LogP contribution in [-0.4, -0.2) is 0 Å². The van der Waals surface area contributed by atoms with Gasteiger partial charge in [0.15, 0.2) is 0 Å². The third-order valence-electron chi connectivity index (χ3n) is 3.26. The van der Waals surface area contributed by atoms with Gasteiger partial charge in [0.2, 0.25) is 0 Å². The highest BCUT2D eigenvalue weighted by molar-refractivity contribution is 5.95. The minimum Gasteiger partial charge on any atom is -0.398 e. The van der Waals surface area contributed by atoms with Gasteiger partial charge in [-0.1, -0.05) is 60.7 Å². The Morgan fingerprint density at radius 3 is 2.22 bits per heavy atom. The van der Waals surface area contributed by atoms with Gasteiger partial charge in [-0.25, -0.2) is 0 Å². The van der Waals surface area contributed by atoms with Gasteiger partial charge in [0.1, 0.15) is 0 Å². The summed E-state index contributed by atoms with van der Waals surface area (Å²) >= 11 is 0. The largest absolute Gasteiger partial charge is 0.398 e. The highest BCUT2D eigenvalue weighted by Crippen LogP contribution is 2.26. The Labute approximate surface area is 107 Å². The second-order valence-corrected chi connectivity index (χ2v) is 4.52. The van der Waals surface area contributed by atoms with Crippen LogP contribution in [0.3, 0.4) is 0 Å². The molecule has 88 valence electrons. The molecular weight excluding hydrogens is 218 g/mol. The van der Waals surface area contributed by atoms with E-state index in [1.807, 2.05) is 18.2 Å². The molecule has 0 amide bonds. The van der Waals surface area contributed by atoms with Crippen LogP contribution in [0, 0.1) is 0 Å². The van der Waals surface area contributed by atoms with Crippen molar-refractivity contribution >= 4 is 16.5 Å². The topological polar surface area (TPSA) is 26.0 Å². The summed E-state index contributed by atoms with van der Waals surface area (Å²) in [6.07, 6.45) is 0.923. The average molecular weight is 233 g/mol. The number of fused-ring (bicyclic) bond motifs is 1. The lowest BCUT2D eigenvalue weighted by Crippen LogP contribution is -1.93. The van der Waals surface area contributed by atoms with Crippen molar-refractivity contribution < 1.29 is 0 Å². The molecular formula is C17H15N. The number of anilines is 1. The number of nitrogens with two attached hydrogens (primary N) is 1. The van der Waals surface area contributed by atoms with E-state index in [2.05, 4.69) is 48.5 Å². The van der Waals surface area contributed by atoms with E-state index in [1.165, 1.54) is 21.9 Å². The Kier molecular flexibility index (Phi) is 2.73. The molecule has 2 N–H and O–H groups in total. The standard InChI is InChI=1S/C17H15N/c18-16-11-5-9-14-8-4-10-15(17(14)16)12-13-6-2-1-3-7-13/h1-11H,12,18H2. The lowest BCUT2D eigenvalue weighted by atomic mass is 9.97. The van der Waals surface area contributed by atoms with Crippen LogP contribution in [-0.2, 0) is 6.42 Å². The van der Waals surface area contributed by atoms with Crippen LogP contribution in [0.2, 0.25) is 0 Å². The zero-order valence-electron chi connectivity index (χ0n) is 10.1. The van der Waals surface area contributed by atoms with Crippen molar-refractivity contribution in [3.8, 4) is 0 Å². The fourth-order valence-corrected chi connectivity index (χ4v) is 2.41. The molecule has 0 aliphatic carbocycles. The van der Waals surface area contributed by atoms with Gasteiger partial charge in [0.25, 0.3) is 0 Å². The molecule has 0 heterocycles. The fourth-order valence-electron chi connectivity index (χ4n) is 2.41. The number of nitrogen functional groups attached to an aromatic ring is 1. The first-order valence-electron chi connectivity index (χ1n) is 6.14. The van der Waals surface area contributed by atoms with Gasteiger partial charge in [-0.05, 0) is 29.0 Å². The van der Waals surface area contributed by atoms with Crippen molar-refractivity contribution in [1.29, 1.82) is 0 Å². The van der Waals surface area contributed by atoms with E-state index in [0.29, 0.717) is 0 Å². The first-order chi connectivity index (χ1) is 8.84.